The number of alkyl halides is 4. The molecule has 15 nitrogen and oxygen atoms in total. The van der Waals surface area contributed by atoms with Crippen molar-refractivity contribution in [1.82, 2.24) is 0 Å². The monoisotopic (exact) mass is 742 g/mol. The number of hydrogen-bond donors (Lipinski definition) is 2. The number of carbonyl (C=O) groups excluding carboxylic acids is 3. The summed E-state index contributed by atoms with van der Waals surface area (Å²) in [4.78, 5) is 46.0. The maximum atomic E-state index is 13.0. The molecule has 0 heterocycles. The Labute approximate surface area is 310 Å². The molecule has 8 unspecified atom stereocenters. The number of esters is 3. The average Bonchev–Trinajstić information content (AvgIpc) is 3.75. The summed E-state index contributed by atoms with van der Waals surface area (Å²) in [6.45, 7) is -3.85. The molecule has 0 radical (unpaired) electrons. The van der Waals surface area contributed by atoms with Gasteiger partial charge in [-0.1, -0.05) is 24.3 Å². The number of aliphatic carboxylic acids is 1. The van der Waals surface area contributed by atoms with Crippen LogP contribution < -0.4 is 59.1 Å². The van der Waals surface area contributed by atoms with Crippen molar-refractivity contribution in [3.05, 3.63) is 24.3 Å². The van der Waals surface area contributed by atoms with E-state index in [9.17, 15) is 62.7 Å². The molecule has 2 fully saturated rings. The van der Waals surface area contributed by atoms with Crippen molar-refractivity contribution in [2.75, 3.05) is 27.4 Å². The van der Waals surface area contributed by atoms with Crippen molar-refractivity contribution >= 4 is 44.1 Å². The molecule has 4 rings (SSSR count). The molecular weight excluding hydrogens is 714 g/mol. The number of aliphatic hydroxyl groups is 1. The SMILES string of the molecule is COC(=O)C1C2C=CC(C2)C1C(=O)O.COC(=O)C1C2C=CC(C2)C1C(=O)OCC(F)(F)S(=O)(=O)[O-].O=S(=O)([O-])C(F)(F)CO.[Na+].[Na+]. The van der Waals surface area contributed by atoms with E-state index in [1.54, 1.807) is 12.2 Å². The summed E-state index contributed by atoms with van der Waals surface area (Å²) in [6.07, 6.45) is 8.52. The van der Waals surface area contributed by atoms with E-state index in [0.717, 1.165) is 13.5 Å². The van der Waals surface area contributed by atoms with Gasteiger partial charge in [0.15, 0.2) is 26.8 Å². The molecule has 4 aliphatic carbocycles. The van der Waals surface area contributed by atoms with Gasteiger partial charge in [0.05, 0.1) is 37.9 Å². The van der Waals surface area contributed by atoms with Crippen molar-refractivity contribution < 1.29 is 146 Å². The molecule has 23 heteroatoms. The second kappa shape index (κ2) is 17.7. The fourth-order valence-corrected chi connectivity index (χ4v) is 5.98. The molecule has 0 aromatic carbocycles. The second-order valence-corrected chi connectivity index (χ2v) is 13.3. The van der Waals surface area contributed by atoms with Gasteiger partial charge < -0.3 is 33.5 Å². The number of ether oxygens (including phenoxy) is 3. The predicted molar refractivity (Wildman–Crippen MR) is 134 cm³/mol. The van der Waals surface area contributed by atoms with Crippen LogP contribution in [0.15, 0.2) is 24.3 Å². The summed E-state index contributed by atoms with van der Waals surface area (Å²) in [6, 6.07) is 0. The Hall–Kier alpha value is -1.14. The number of halogens is 4. The number of fused-ring (bicyclic) bond motifs is 4. The molecule has 256 valence electrons. The van der Waals surface area contributed by atoms with Gasteiger partial charge >= 0.3 is 93.5 Å². The largest absolute Gasteiger partial charge is 1.00 e. The maximum Gasteiger partial charge on any atom is 1.00 e. The first kappa shape index (κ1) is 45.9. The van der Waals surface area contributed by atoms with Crippen LogP contribution in [-0.2, 0) is 53.6 Å². The molecule has 8 atom stereocenters. The van der Waals surface area contributed by atoms with Gasteiger partial charge in [-0.25, -0.2) is 16.8 Å². The number of methoxy groups -OCH3 is 2. The van der Waals surface area contributed by atoms with Gasteiger partial charge in [-0.3, -0.25) is 19.2 Å². The number of aliphatic hydroxyl groups excluding tert-OH is 1. The normalized spacial score (nSPS) is 28.4. The third-order valence-corrected chi connectivity index (χ3v) is 9.43. The van der Waals surface area contributed by atoms with Crippen molar-refractivity contribution in [2.24, 2.45) is 47.3 Å². The maximum absolute atomic E-state index is 13.0. The zero-order chi connectivity index (χ0) is 34.7. The zero-order valence-corrected chi connectivity index (χ0v) is 30.9. The van der Waals surface area contributed by atoms with E-state index in [2.05, 4.69) is 14.2 Å². The van der Waals surface area contributed by atoms with E-state index in [1.165, 1.54) is 7.11 Å². The summed E-state index contributed by atoms with van der Waals surface area (Å²) in [5.74, 6) is -6.57. The first-order chi connectivity index (χ1) is 20.5. The van der Waals surface area contributed by atoms with Crippen molar-refractivity contribution in [1.29, 1.82) is 0 Å². The minimum absolute atomic E-state index is 0. The Bertz CT molecular complexity index is 1440. The molecule has 4 aliphatic rings. The molecular formula is C24H28F4Na2O15S2. The first-order valence-electron chi connectivity index (χ1n) is 12.7. The first-order valence-corrected chi connectivity index (χ1v) is 15.5. The van der Waals surface area contributed by atoms with Gasteiger partial charge in [0, 0.05) is 0 Å². The molecule has 4 bridgehead atoms. The van der Waals surface area contributed by atoms with Gasteiger partial charge in [-0.05, 0) is 36.5 Å². The molecule has 0 aromatic rings. The fourth-order valence-electron chi connectivity index (χ4n) is 5.62. The molecule has 0 saturated heterocycles. The Morgan fingerprint density at radius 1 is 0.702 bits per heavy atom. The van der Waals surface area contributed by atoms with Crippen LogP contribution in [0.4, 0.5) is 17.6 Å². The van der Waals surface area contributed by atoms with Gasteiger partial charge in [0.1, 0.15) is 6.61 Å². The number of carboxylic acid groups (broad SMARTS) is 1. The van der Waals surface area contributed by atoms with Crippen LogP contribution in [0.1, 0.15) is 12.8 Å². The minimum Gasteiger partial charge on any atom is -0.743 e. The molecule has 0 amide bonds. The fraction of sp³-hybridized carbons (Fsp3) is 0.667. The quantitative estimate of drug-likeness (QED) is 0.0557. The Morgan fingerprint density at radius 3 is 1.30 bits per heavy atom. The van der Waals surface area contributed by atoms with Crippen LogP contribution in [0.25, 0.3) is 0 Å². The molecule has 0 aromatic heterocycles. The summed E-state index contributed by atoms with van der Waals surface area (Å²) >= 11 is 0. The molecule has 2 N–H and O–H groups in total. The van der Waals surface area contributed by atoms with Crippen LogP contribution in [0.2, 0.25) is 0 Å². The van der Waals surface area contributed by atoms with E-state index in [-0.39, 0.29) is 82.8 Å². The van der Waals surface area contributed by atoms with Gasteiger partial charge in [0.25, 0.3) is 0 Å². The Morgan fingerprint density at radius 2 is 1.02 bits per heavy atom. The van der Waals surface area contributed by atoms with Crippen LogP contribution in [0.3, 0.4) is 0 Å². The van der Waals surface area contributed by atoms with Gasteiger partial charge in [-0.15, -0.1) is 0 Å². The van der Waals surface area contributed by atoms with Crippen LogP contribution >= 0.6 is 0 Å². The Balaban J connectivity index is 0.000000729. The molecule has 0 aliphatic heterocycles. The summed E-state index contributed by atoms with van der Waals surface area (Å²) in [5, 5.41) is 7.35. The molecule has 47 heavy (non-hydrogen) atoms. The van der Waals surface area contributed by atoms with Gasteiger partial charge in [0.2, 0.25) is 0 Å². The van der Waals surface area contributed by atoms with Crippen molar-refractivity contribution in [3.63, 3.8) is 0 Å². The zero-order valence-electron chi connectivity index (χ0n) is 25.3. The molecule has 2 saturated carbocycles. The third-order valence-electron chi connectivity index (χ3n) is 7.72. The Kier molecular flexibility index (Phi) is 17.3. The van der Waals surface area contributed by atoms with E-state index >= 15 is 0 Å². The number of carboxylic acids is 1. The number of rotatable bonds is 9. The average molecular weight is 743 g/mol. The second-order valence-electron chi connectivity index (χ2n) is 10.3. The number of carbonyl (C=O) groups is 4. The summed E-state index contributed by atoms with van der Waals surface area (Å²) < 4.78 is 122. The summed E-state index contributed by atoms with van der Waals surface area (Å²) in [5.41, 5.74) is 0. The smallest absolute Gasteiger partial charge is 0.743 e. The van der Waals surface area contributed by atoms with E-state index in [4.69, 9.17) is 10.2 Å². The summed E-state index contributed by atoms with van der Waals surface area (Å²) in [7, 11) is -9.18. The van der Waals surface area contributed by atoms with Crippen LogP contribution in [0.5, 0.6) is 0 Å². The standard InChI is InChI=1S/C12H14F2O7S.C10H12O4.C2H4F2O4S.2Na/c1-20-10(15)8-6-2-3-7(4-6)9(8)11(16)21-5-12(13,14)22(17,18)19;1-14-10(13)8-6-3-2-5(4-6)7(8)9(11)12;3-2(4,1-5)9(6,7)8;;/h2-3,6-9H,4-5H2,1H3,(H,17,18,19);2-3,5-8H,4H2,1H3,(H,11,12);5H,1H2,(H,6,7,8);;/q;;;2*+1/p-2. The van der Waals surface area contributed by atoms with Crippen molar-refractivity contribution in [2.45, 2.75) is 23.4 Å². The van der Waals surface area contributed by atoms with E-state index < -0.39 is 91.5 Å². The topological polar surface area (TPSA) is 251 Å². The minimum atomic E-state index is -5.93. The number of hydrogen-bond acceptors (Lipinski definition) is 14. The van der Waals surface area contributed by atoms with Crippen LogP contribution in [-0.4, -0.2) is 98.0 Å². The van der Waals surface area contributed by atoms with E-state index in [1.807, 2.05) is 12.2 Å². The number of allylic oxidation sites excluding steroid dienone is 4. The van der Waals surface area contributed by atoms with Gasteiger partial charge in [-0.2, -0.15) is 17.6 Å². The molecule has 0 spiro atoms. The van der Waals surface area contributed by atoms with Crippen LogP contribution in [0, 0.1) is 47.3 Å². The predicted octanol–water partition coefficient (Wildman–Crippen LogP) is -5.91. The third kappa shape index (κ3) is 10.7. The van der Waals surface area contributed by atoms with E-state index in [0.29, 0.717) is 6.42 Å². The van der Waals surface area contributed by atoms with Crippen molar-refractivity contribution in [3.8, 4) is 0 Å².